The van der Waals surface area contributed by atoms with Gasteiger partial charge in [-0.15, -0.1) is 12.4 Å². The number of methoxy groups -OCH3 is 1. The predicted octanol–water partition coefficient (Wildman–Crippen LogP) is 1.56. The third-order valence-electron chi connectivity index (χ3n) is 2.90. The molecule has 0 saturated heterocycles. The monoisotopic (exact) mass is 286 g/mol. The summed E-state index contributed by atoms with van der Waals surface area (Å²) in [6, 6.07) is 5.65. The van der Waals surface area contributed by atoms with Gasteiger partial charge < -0.3 is 20.1 Å². The first kappa shape index (κ1) is 15.8. The predicted molar refractivity (Wildman–Crippen MR) is 76.0 cm³/mol. The molecule has 0 aliphatic carbocycles. The standard InChI is InChI=1S/C13H18N2O3.ClH/c1-9(17-2)13(16)15-11-3-4-12-10(7-11)8-14-5-6-18-12;/h3-4,7,9,14H,5-6,8H2,1-2H3,(H,15,16);1H. The number of anilines is 1. The van der Waals surface area contributed by atoms with Crippen LogP contribution in [0.15, 0.2) is 18.2 Å². The molecule has 106 valence electrons. The molecule has 5 nitrogen and oxygen atoms in total. The van der Waals surface area contributed by atoms with Gasteiger partial charge >= 0.3 is 0 Å². The van der Waals surface area contributed by atoms with E-state index in [9.17, 15) is 4.79 Å². The summed E-state index contributed by atoms with van der Waals surface area (Å²) in [5.41, 5.74) is 1.81. The Kier molecular flexibility index (Phi) is 6.08. The van der Waals surface area contributed by atoms with Crippen LogP contribution in [0, 0.1) is 0 Å². The fourth-order valence-electron chi connectivity index (χ4n) is 1.74. The van der Waals surface area contributed by atoms with E-state index in [-0.39, 0.29) is 18.3 Å². The van der Waals surface area contributed by atoms with Gasteiger partial charge in [0.05, 0.1) is 0 Å². The molecule has 19 heavy (non-hydrogen) atoms. The number of fused-ring (bicyclic) bond motifs is 1. The smallest absolute Gasteiger partial charge is 0.253 e. The van der Waals surface area contributed by atoms with E-state index in [2.05, 4.69) is 10.6 Å². The molecular weight excluding hydrogens is 268 g/mol. The molecule has 1 aliphatic rings. The molecule has 0 radical (unpaired) electrons. The molecule has 1 amide bonds. The van der Waals surface area contributed by atoms with Gasteiger partial charge in [0, 0.05) is 31.5 Å². The van der Waals surface area contributed by atoms with Gasteiger partial charge in [0.1, 0.15) is 18.5 Å². The normalized spacial score (nSPS) is 15.3. The second kappa shape index (κ2) is 7.33. The summed E-state index contributed by atoms with van der Waals surface area (Å²) in [6.45, 7) is 3.96. The molecule has 1 aliphatic heterocycles. The Bertz CT molecular complexity index is 440. The maximum Gasteiger partial charge on any atom is 0.253 e. The SMILES string of the molecule is COC(C)C(=O)Nc1ccc2c(c1)CNCCO2.Cl. The molecule has 1 aromatic carbocycles. The van der Waals surface area contributed by atoms with Crippen LogP contribution in [0.3, 0.4) is 0 Å². The first-order valence-electron chi connectivity index (χ1n) is 6.01. The first-order chi connectivity index (χ1) is 8.70. The van der Waals surface area contributed by atoms with Crippen LogP contribution in [-0.4, -0.2) is 32.3 Å². The van der Waals surface area contributed by atoms with Crippen molar-refractivity contribution in [2.24, 2.45) is 0 Å². The Morgan fingerprint density at radius 1 is 1.53 bits per heavy atom. The lowest BCUT2D eigenvalue weighted by Crippen LogP contribution is -2.26. The molecule has 1 aromatic rings. The van der Waals surface area contributed by atoms with Crippen LogP contribution < -0.4 is 15.4 Å². The van der Waals surface area contributed by atoms with Crippen LogP contribution in [0.1, 0.15) is 12.5 Å². The van der Waals surface area contributed by atoms with Gasteiger partial charge in [0.15, 0.2) is 0 Å². The van der Waals surface area contributed by atoms with E-state index in [1.54, 1.807) is 6.92 Å². The van der Waals surface area contributed by atoms with Crippen LogP contribution in [0.2, 0.25) is 0 Å². The minimum atomic E-state index is -0.460. The highest BCUT2D eigenvalue weighted by atomic mass is 35.5. The minimum absolute atomic E-state index is 0. The van der Waals surface area contributed by atoms with Crippen LogP contribution in [0.5, 0.6) is 5.75 Å². The number of amides is 1. The molecule has 6 heteroatoms. The number of benzene rings is 1. The van der Waals surface area contributed by atoms with Crippen molar-refractivity contribution < 1.29 is 14.3 Å². The van der Waals surface area contributed by atoms with Gasteiger partial charge in [0.25, 0.3) is 5.91 Å². The molecule has 0 fully saturated rings. The number of nitrogens with one attached hydrogen (secondary N) is 2. The fourth-order valence-corrected chi connectivity index (χ4v) is 1.74. The summed E-state index contributed by atoms with van der Waals surface area (Å²) < 4.78 is 10.5. The average Bonchev–Trinajstić information content (AvgIpc) is 2.62. The number of halogens is 1. The highest BCUT2D eigenvalue weighted by Gasteiger charge is 2.13. The molecular formula is C13H19ClN2O3. The van der Waals surface area contributed by atoms with Gasteiger partial charge in [-0.25, -0.2) is 0 Å². The highest BCUT2D eigenvalue weighted by molar-refractivity contribution is 5.94. The number of hydrogen-bond donors (Lipinski definition) is 2. The molecule has 0 spiro atoms. The lowest BCUT2D eigenvalue weighted by atomic mass is 10.1. The summed E-state index contributed by atoms with van der Waals surface area (Å²) >= 11 is 0. The maximum absolute atomic E-state index is 11.7. The van der Waals surface area contributed by atoms with Crippen molar-refractivity contribution in [3.8, 4) is 5.75 Å². The third-order valence-corrected chi connectivity index (χ3v) is 2.90. The largest absolute Gasteiger partial charge is 0.492 e. The Morgan fingerprint density at radius 2 is 2.32 bits per heavy atom. The Labute approximate surface area is 119 Å². The summed E-state index contributed by atoms with van der Waals surface area (Å²) in [5.74, 6) is 0.720. The third kappa shape index (κ3) is 4.09. The highest BCUT2D eigenvalue weighted by Crippen LogP contribution is 2.24. The second-order valence-electron chi connectivity index (χ2n) is 4.21. The van der Waals surface area contributed by atoms with Crippen LogP contribution in [0.4, 0.5) is 5.69 Å². The van der Waals surface area contributed by atoms with Crippen molar-refractivity contribution in [1.29, 1.82) is 0 Å². The van der Waals surface area contributed by atoms with E-state index in [1.165, 1.54) is 7.11 Å². The first-order valence-corrected chi connectivity index (χ1v) is 6.01. The molecule has 2 rings (SSSR count). The molecule has 0 bridgehead atoms. The summed E-state index contributed by atoms with van der Waals surface area (Å²) in [4.78, 5) is 11.7. The number of ether oxygens (including phenoxy) is 2. The van der Waals surface area contributed by atoms with Crippen LogP contribution in [0.25, 0.3) is 0 Å². The molecule has 1 unspecified atom stereocenters. The van der Waals surface area contributed by atoms with E-state index < -0.39 is 6.10 Å². The van der Waals surface area contributed by atoms with E-state index >= 15 is 0 Å². The van der Waals surface area contributed by atoms with E-state index in [4.69, 9.17) is 9.47 Å². The van der Waals surface area contributed by atoms with Crippen LogP contribution in [-0.2, 0) is 16.1 Å². The number of hydrogen-bond acceptors (Lipinski definition) is 4. The zero-order valence-electron chi connectivity index (χ0n) is 11.1. The van der Waals surface area contributed by atoms with E-state index in [0.717, 1.165) is 30.1 Å². The van der Waals surface area contributed by atoms with Gasteiger partial charge in [-0.05, 0) is 25.1 Å². The van der Waals surface area contributed by atoms with Gasteiger partial charge in [-0.2, -0.15) is 0 Å². The van der Waals surface area contributed by atoms with Crippen molar-refractivity contribution in [3.63, 3.8) is 0 Å². The lowest BCUT2D eigenvalue weighted by Gasteiger charge is -2.12. The van der Waals surface area contributed by atoms with E-state index in [0.29, 0.717) is 6.61 Å². The van der Waals surface area contributed by atoms with Crippen molar-refractivity contribution in [3.05, 3.63) is 23.8 Å². The zero-order valence-corrected chi connectivity index (χ0v) is 11.9. The molecule has 2 N–H and O–H groups in total. The molecule has 0 saturated carbocycles. The number of carbonyl (C=O) groups is 1. The molecule has 1 atom stereocenters. The Hall–Kier alpha value is -1.30. The van der Waals surface area contributed by atoms with Crippen molar-refractivity contribution >= 4 is 24.0 Å². The van der Waals surface area contributed by atoms with Gasteiger partial charge in [-0.1, -0.05) is 0 Å². The molecule has 0 aromatic heterocycles. The van der Waals surface area contributed by atoms with Gasteiger partial charge in [-0.3, -0.25) is 4.79 Å². The number of rotatable bonds is 3. The molecule has 1 heterocycles. The van der Waals surface area contributed by atoms with Crippen molar-refractivity contribution in [2.45, 2.75) is 19.6 Å². The van der Waals surface area contributed by atoms with E-state index in [1.807, 2.05) is 18.2 Å². The Morgan fingerprint density at radius 3 is 3.05 bits per heavy atom. The Balaban J connectivity index is 0.00000180. The zero-order chi connectivity index (χ0) is 13.0. The summed E-state index contributed by atoms with van der Waals surface area (Å²) in [6.07, 6.45) is -0.460. The van der Waals surface area contributed by atoms with Crippen molar-refractivity contribution in [2.75, 3.05) is 25.6 Å². The van der Waals surface area contributed by atoms with Gasteiger partial charge in [0.2, 0.25) is 0 Å². The van der Waals surface area contributed by atoms with Crippen molar-refractivity contribution in [1.82, 2.24) is 5.32 Å². The summed E-state index contributed by atoms with van der Waals surface area (Å²) in [5, 5.41) is 6.07. The van der Waals surface area contributed by atoms with Crippen LogP contribution >= 0.6 is 12.4 Å². The second-order valence-corrected chi connectivity index (χ2v) is 4.21. The average molecular weight is 287 g/mol. The maximum atomic E-state index is 11.7. The lowest BCUT2D eigenvalue weighted by molar-refractivity contribution is -0.124. The quantitative estimate of drug-likeness (QED) is 0.885. The summed E-state index contributed by atoms with van der Waals surface area (Å²) in [7, 11) is 1.51. The minimum Gasteiger partial charge on any atom is -0.492 e. The topological polar surface area (TPSA) is 59.6 Å². The number of carbonyl (C=O) groups excluding carboxylic acids is 1. The fraction of sp³-hybridized carbons (Fsp3) is 0.462.